The maximum atomic E-state index is 13.8. The quantitative estimate of drug-likeness (QED) is 0.136. The number of aromatic nitrogens is 3. The predicted molar refractivity (Wildman–Crippen MR) is 201 cm³/mol. The molecule has 0 saturated carbocycles. The molecule has 0 atom stereocenters. The van der Waals surface area contributed by atoms with Crippen LogP contribution in [0.5, 0.6) is 0 Å². The molecule has 250 valence electrons. The number of nitriles is 1. The zero-order valence-electron chi connectivity index (χ0n) is 27.9. The van der Waals surface area contributed by atoms with Gasteiger partial charge in [0.15, 0.2) is 11.4 Å². The molecular formula is C44H23F3N6. The van der Waals surface area contributed by atoms with Crippen LogP contribution < -0.4 is 0 Å². The van der Waals surface area contributed by atoms with Crippen molar-refractivity contribution in [2.24, 2.45) is 0 Å². The summed E-state index contributed by atoms with van der Waals surface area (Å²) in [5, 5.41) is 11.4. The van der Waals surface area contributed by atoms with Gasteiger partial charge in [0, 0.05) is 27.3 Å². The van der Waals surface area contributed by atoms with Gasteiger partial charge in [-0.3, -0.25) is 0 Å². The molecule has 0 unspecified atom stereocenters. The number of aryl methyl sites for hydroxylation is 1. The number of halogens is 3. The van der Waals surface area contributed by atoms with E-state index in [1.165, 1.54) is 0 Å². The fraction of sp³-hybridized carbons (Fsp3) is 0.0455. The summed E-state index contributed by atoms with van der Waals surface area (Å²) in [7, 11) is 0. The fourth-order valence-corrected chi connectivity index (χ4v) is 6.70. The molecule has 8 aromatic rings. The van der Waals surface area contributed by atoms with E-state index in [1.54, 1.807) is 61.5 Å². The van der Waals surface area contributed by atoms with E-state index >= 15 is 0 Å². The number of fused-ring (bicyclic) bond motifs is 5. The summed E-state index contributed by atoms with van der Waals surface area (Å²) in [6, 6.07) is 36.6. The number of benzene rings is 6. The van der Waals surface area contributed by atoms with Gasteiger partial charge in [-0.1, -0.05) is 78.9 Å². The van der Waals surface area contributed by atoms with Crippen molar-refractivity contribution in [3.05, 3.63) is 161 Å². The maximum absolute atomic E-state index is 13.8. The number of pyridine rings is 1. The van der Waals surface area contributed by atoms with Crippen LogP contribution in [-0.4, -0.2) is 15.0 Å². The highest BCUT2D eigenvalue weighted by Crippen LogP contribution is 2.44. The van der Waals surface area contributed by atoms with Crippen molar-refractivity contribution < 1.29 is 13.2 Å². The number of alkyl halides is 3. The number of para-hydroxylation sites is 1. The van der Waals surface area contributed by atoms with E-state index < -0.39 is 11.7 Å². The minimum atomic E-state index is -4.50. The summed E-state index contributed by atoms with van der Waals surface area (Å²) >= 11 is 0. The summed E-state index contributed by atoms with van der Waals surface area (Å²) in [6.45, 7) is 17.4. The lowest BCUT2D eigenvalue weighted by atomic mass is 9.94. The van der Waals surface area contributed by atoms with Crippen molar-refractivity contribution in [1.82, 2.24) is 15.0 Å². The van der Waals surface area contributed by atoms with E-state index in [9.17, 15) is 18.4 Å². The van der Waals surface area contributed by atoms with E-state index in [1.807, 2.05) is 54.6 Å². The van der Waals surface area contributed by atoms with Gasteiger partial charge in [0.05, 0.1) is 64.0 Å². The molecule has 0 saturated heterocycles. The smallest absolute Gasteiger partial charge is 0.248 e. The Labute approximate surface area is 301 Å². The highest BCUT2D eigenvalue weighted by atomic mass is 19.4. The molecule has 9 heteroatoms. The van der Waals surface area contributed by atoms with Crippen molar-refractivity contribution in [2.75, 3.05) is 0 Å². The first kappa shape index (κ1) is 32.8. The highest BCUT2D eigenvalue weighted by molar-refractivity contribution is 6.25. The number of hydrogen-bond donors (Lipinski definition) is 0. The molecule has 6 nitrogen and oxygen atoms in total. The first-order valence-electron chi connectivity index (χ1n) is 16.4. The van der Waals surface area contributed by atoms with Crippen molar-refractivity contribution >= 4 is 44.1 Å². The Morgan fingerprint density at radius 1 is 0.604 bits per heavy atom. The van der Waals surface area contributed by atoms with Gasteiger partial charge in [0.25, 0.3) is 0 Å². The van der Waals surface area contributed by atoms with E-state index in [4.69, 9.17) is 28.1 Å². The molecular weight excluding hydrogens is 670 g/mol. The standard InChI is InChI=1S/C44H23F3N6/c1-25-19-31(22-32(20-25)44(45,46)47)29-7-6-8-30(21-29)40-39-36(50-3)23-37-43(38(39)34-9-4-5-10-35(34)51-40)53-42(27-13-11-26(24-48)12-14-27)41(52-37)28-15-17-33(49-2)18-16-28/h4-23H,1H3. The van der Waals surface area contributed by atoms with Crippen LogP contribution in [0.25, 0.3) is 87.3 Å². The SMILES string of the molecule is [C-]#[N+]c1ccc(-c2nc3cc([N+]#[C-])c4c(-c5cccc(-c6cc(C)cc(C(F)(F)F)c6)c5)nc5ccccc5c4c3nc2-c2ccc(C#N)cc2)cc1. The molecule has 0 aliphatic heterocycles. The van der Waals surface area contributed by atoms with Gasteiger partial charge in [-0.2, -0.15) is 18.4 Å². The average Bonchev–Trinajstić information content (AvgIpc) is 3.19. The molecule has 6 aromatic carbocycles. The molecule has 2 heterocycles. The van der Waals surface area contributed by atoms with Crippen LogP contribution in [0.2, 0.25) is 0 Å². The van der Waals surface area contributed by atoms with Crippen LogP contribution in [0.1, 0.15) is 16.7 Å². The Hall–Kier alpha value is -7.41. The number of nitrogens with zero attached hydrogens (tertiary/aromatic N) is 6. The van der Waals surface area contributed by atoms with Crippen molar-refractivity contribution in [1.29, 1.82) is 5.26 Å². The van der Waals surface area contributed by atoms with Crippen LogP contribution >= 0.6 is 0 Å². The summed E-state index contributed by atoms with van der Waals surface area (Å²) in [5.74, 6) is 0. The lowest BCUT2D eigenvalue weighted by Crippen LogP contribution is -2.05. The third-order valence-electron chi connectivity index (χ3n) is 9.13. The Bertz CT molecular complexity index is 2910. The summed E-state index contributed by atoms with van der Waals surface area (Å²) in [5.41, 5.74) is 7.24. The lowest BCUT2D eigenvalue weighted by Gasteiger charge is -2.17. The van der Waals surface area contributed by atoms with Crippen LogP contribution in [0.3, 0.4) is 0 Å². The fourth-order valence-electron chi connectivity index (χ4n) is 6.70. The largest absolute Gasteiger partial charge is 0.416 e. The maximum Gasteiger partial charge on any atom is 0.416 e. The number of rotatable bonds is 4. The summed E-state index contributed by atoms with van der Waals surface area (Å²) < 4.78 is 41.4. The second-order valence-corrected chi connectivity index (χ2v) is 12.5. The van der Waals surface area contributed by atoms with E-state index in [0.29, 0.717) is 83.5 Å². The average molecular weight is 693 g/mol. The van der Waals surface area contributed by atoms with Crippen LogP contribution in [0.4, 0.5) is 24.5 Å². The first-order valence-corrected chi connectivity index (χ1v) is 16.4. The molecule has 0 spiro atoms. The second-order valence-electron chi connectivity index (χ2n) is 12.5. The minimum absolute atomic E-state index is 0.288. The molecule has 0 amide bonds. The molecule has 0 N–H and O–H groups in total. The zero-order chi connectivity index (χ0) is 36.9. The zero-order valence-corrected chi connectivity index (χ0v) is 27.9. The topological polar surface area (TPSA) is 71.2 Å². The Kier molecular flexibility index (Phi) is 7.87. The van der Waals surface area contributed by atoms with Crippen molar-refractivity contribution in [3.63, 3.8) is 0 Å². The minimum Gasteiger partial charge on any atom is -0.248 e. The van der Waals surface area contributed by atoms with Crippen molar-refractivity contribution in [2.45, 2.75) is 13.1 Å². The first-order chi connectivity index (χ1) is 25.6. The van der Waals surface area contributed by atoms with Crippen LogP contribution in [-0.2, 0) is 6.18 Å². The monoisotopic (exact) mass is 692 g/mol. The van der Waals surface area contributed by atoms with Gasteiger partial charge in [0.1, 0.15) is 0 Å². The Morgan fingerprint density at radius 3 is 1.98 bits per heavy atom. The summed E-state index contributed by atoms with van der Waals surface area (Å²) in [4.78, 5) is 22.9. The van der Waals surface area contributed by atoms with E-state index in [2.05, 4.69) is 15.8 Å². The highest BCUT2D eigenvalue weighted by Gasteiger charge is 2.31. The van der Waals surface area contributed by atoms with Gasteiger partial charge < -0.3 is 0 Å². The van der Waals surface area contributed by atoms with Gasteiger partial charge in [-0.15, -0.1) is 0 Å². The molecule has 0 aliphatic rings. The molecule has 53 heavy (non-hydrogen) atoms. The molecule has 0 bridgehead atoms. The van der Waals surface area contributed by atoms with Gasteiger partial charge >= 0.3 is 6.18 Å². The predicted octanol–water partition coefficient (Wildman–Crippen LogP) is 12.3. The third kappa shape index (κ3) is 5.85. The van der Waals surface area contributed by atoms with Crippen LogP contribution in [0, 0.1) is 31.4 Å². The third-order valence-corrected chi connectivity index (χ3v) is 9.13. The van der Waals surface area contributed by atoms with E-state index in [-0.39, 0.29) is 5.69 Å². The summed E-state index contributed by atoms with van der Waals surface area (Å²) in [6.07, 6.45) is -4.50. The molecule has 0 aliphatic carbocycles. The molecule has 0 fully saturated rings. The van der Waals surface area contributed by atoms with Crippen LogP contribution in [0.15, 0.2) is 121 Å². The van der Waals surface area contributed by atoms with Gasteiger partial charge in [0.2, 0.25) is 0 Å². The molecule has 8 rings (SSSR count). The van der Waals surface area contributed by atoms with Gasteiger partial charge in [-0.05, 0) is 71.6 Å². The molecule has 2 aromatic heterocycles. The molecule has 0 radical (unpaired) electrons. The second kappa shape index (κ2) is 12.7. The number of hydrogen-bond acceptors (Lipinski definition) is 4. The van der Waals surface area contributed by atoms with Gasteiger partial charge in [-0.25, -0.2) is 24.6 Å². The van der Waals surface area contributed by atoms with E-state index in [0.717, 1.165) is 23.1 Å². The Morgan fingerprint density at radius 2 is 1.28 bits per heavy atom. The lowest BCUT2D eigenvalue weighted by molar-refractivity contribution is -0.137. The van der Waals surface area contributed by atoms with Crippen molar-refractivity contribution in [3.8, 4) is 51.0 Å². The Balaban J connectivity index is 1.45. The normalized spacial score (nSPS) is 11.3.